The summed E-state index contributed by atoms with van der Waals surface area (Å²) >= 11 is 1.73. The highest BCUT2D eigenvalue weighted by Crippen LogP contribution is 2.47. The molecule has 2 aliphatic heterocycles. The molecule has 0 radical (unpaired) electrons. The van der Waals surface area contributed by atoms with Gasteiger partial charge in [-0.1, -0.05) is 38.1 Å². The topological polar surface area (TPSA) is 49.4 Å². The van der Waals surface area contributed by atoms with Gasteiger partial charge >= 0.3 is 0 Å². The Morgan fingerprint density at radius 2 is 1.88 bits per heavy atom. The number of fused-ring (bicyclic) bond motifs is 1. The number of nitrogens with one attached hydrogen (secondary N) is 1. The Hall–Kier alpha value is -1.49. The zero-order valence-corrected chi connectivity index (χ0v) is 15.7. The Kier molecular flexibility index (Phi) is 4.65. The third-order valence-corrected chi connectivity index (χ3v) is 6.71. The van der Waals surface area contributed by atoms with E-state index in [1.54, 1.807) is 11.8 Å². The average Bonchev–Trinajstić information content (AvgIpc) is 3.04. The maximum atomic E-state index is 12.7. The molecule has 0 bridgehead atoms. The van der Waals surface area contributed by atoms with Crippen molar-refractivity contribution in [2.24, 2.45) is 0 Å². The normalized spacial score (nSPS) is 27.5. The van der Waals surface area contributed by atoms with E-state index in [0.717, 1.165) is 12.0 Å². The molecule has 0 unspecified atom stereocenters. The van der Waals surface area contributed by atoms with Gasteiger partial charge in [0.25, 0.3) is 0 Å². The maximum absolute atomic E-state index is 12.7. The summed E-state index contributed by atoms with van der Waals surface area (Å²) in [5, 5.41) is 3.09. The van der Waals surface area contributed by atoms with E-state index in [2.05, 4.69) is 50.4 Å². The maximum Gasteiger partial charge on any atom is 0.244 e. The van der Waals surface area contributed by atoms with Crippen molar-refractivity contribution in [1.29, 1.82) is 0 Å². The van der Waals surface area contributed by atoms with Crippen LogP contribution in [0.15, 0.2) is 24.3 Å². The van der Waals surface area contributed by atoms with Crippen LogP contribution >= 0.6 is 11.8 Å². The van der Waals surface area contributed by atoms with Gasteiger partial charge in [0.15, 0.2) is 0 Å². The number of hydrogen-bond donors (Lipinski definition) is 1. The predicted octanol–water partition coefficient (Wildman–Crippen LogP) is 3.44. The molecule has 2 fully saturated rings. The zero-order valence-electron chi connectivity index (χ0n) is 14.8. The average molecular weight is 346 g/mol. The molecule has 130 valence electrons. The van der Waals surface area contributed by atoms with Crippen LogP contribution in [0.4, 0.5) is 0 Å². The van der Waals surface area contributed by atoms with Gasteiger partial charge in [-0.2, -0.15) is 0 Å². The molecule has 3 rings (SSSR count). The number of benzene rings is 1. The van der Waals surface area contributed by atoms with E-state index in [-0.39, 0.29) is 28.8 Å². The van der Waals surface area contributed by atoms with E-state index in [4.69, 9.17) is 0 Å². The molecule has 2 aliphatic rings. The van der Waals surface area contributed by atoms with Crippen molar-refractivity contribution in [3.05, 3.63) is 35.4 Å². The van der Waals surface area contributed by atoms with Crippen molar-refractivity contribution in [2.45, 2.75) is 63.4 Å². The SMILES string of the molecule is CC(C)c1ccc([C@H](C)NC(=O)[C@@H]2CS[C@]3(C)CCC(=O)N23)cc1. The fourth-order valence-corrected chi connectivity index (χ4v) is 5.01. The second-order valence-electron chi connectivity index (χ2n) is 7.32. The van der Waals surface area contributed by atoms with Gasteiger partial charge in [0.2, 0.25) is 11.8 Å². The first kappa shape index (κ1) is 17.3. The van der Waals surface area contributed by atoms with Crippen LogP contribution in [-0.4, -0.2) is 33.4 Å². The highest BCUT2D eigenvalue weighted by Gasteiger charge is 2.52. The molecule has 1 N–H and O–H groups in total. The Morgan fingerprint density at radius 1 is 1.25 bits per heavy atom. The molecule has 2 saturated heterocycles. The second-order valence-corrected chi connectivity index (χ2v) is 8.82. The first-order valence-corrected chi connectivity index (χ1v) is 9.67. The number of carbonyl (C=O) groups excluding carboxylic acids is 2. The van der Waals surface area contributed by atoms with Crippen LogP contribution in [0.25, 0.3) is 0 Å². The Labute approximate surface area is 148 Å². The lowest BCUT2D eigenvalue weighted by molar-refractivity contribution is -0.138. The summed E-state index contributed by atoms with van der Waals surface area (Å²) in [4.78, 5) is 26.5. The van der Waals surface area contributed by atoms with Gasteiger partial charge in [0.1, 0.15) is 6.04 Å². The Morgan fingerprint density at radius 3 is 2.50 bits per heavy atom. The number of nitrogens with zero attached hydrogens (tertiary/aromatic N) is 1. The molecule has 5 heteroatoms. The third kappa shape index (κ3) is 3.06. The van der Waals surface area contributed by atoms with Crippen LogP contribution < -0.4 is 5.32 Å². The van der Waals surface area contributed by atoms with Crippen LogP contribution in [0.3, 0.4) is 0 Å². The summed E-state index contributed by atoms with van der Waals surface area (Å²) < 4.78 is 0. The molecule has 24 heavy (non-hydrogen) atoms. The van der Waals surface area contributed by atoms with Gasteiger partial charge in [-0.3, -0.25) is 9.59 Å². The van der Waals surface area contributed by atoms with Crippen LogP contribution in [-0.2, 0) is 9.59 Å². The van der Waals surface area contributed by atoms with E-state index >= 15 is 0 Å². The van der Waals surface area contributed by atoms with Crippen LogP contribution in [0.5, 0.6) is 0 Å². The van der Waals surface area contributed by atoms with E-state index in [0.29, 0.717) is 18.1 Å². The van der Waals surface area contributed by atoms with E-state index in [1.165, 1.54) is 5.56 Å². The van der Waals surface area contributed by atoms with Crippen LogP contribution in [0.2, 0.25) is 0 Å². The predicted molar refractivity (Wildman–Crippen MR) is 97.8 cm³/mol. The number of amides is 2. The molecule has 0 spiro atoms. The molecule has 1 aromatic carbocycles. The molecular weight excluding hydrogens is 320 g/mol. The minimum atomic E-state index is -0.340. The lowest BCUT2D eigenvalue weighted by Gasteiger charge is -2.30. The Balaban J connectivity index is 1.67. The summed E-state index contributed by atoms with van der Waals surface area (Å²) in [6, 6.07) is 7.99. The molecule has 0 aliphatic carbocycles. The third-order valence-electron chi connectivity index (χ3n) is 5.21. The minimum Gasteiger partial charge on any atom is -0.348 e. The lowest BCUT2D eigenvalue weighted by atomic mass is 9.99. The molecule has 2 amide bonds. The van der Waals surface area contributed by atoms with Gasteiger partial charge in [-0.25, -0.2) is 0 Å². The minimum absolute atomic E-state index is 0.0399. The second kappa shape index (κ2) is 6.43. The number of thioether (sulfide) groups is 1. The lowest BCUT2D eigenvalue weighted by Crippen LogP contribution is -2.50. The van der Waals surface area contributed by atoms with E-state index < -0.39 is 0 Å². The van der Waals surface area contributed by atoms with Gasteiger partial charge in [0, 0.05) is 12.2 Å². The van der Waals surface area contributed by atoms with Gasteiger partial charge < -0.3 is 10.2 Å². The fourth-order valence-electron chi connectivity index (χ4n) is 3.58. The summed E-state index contributed by atoms with van der Waals surface area (Å²) in [6.45, 7) is 8.41. The molecule has 2 heterocycles. The molecule has 0 saturated carbocycles. The summed E-state index contributed by atoms with van der Waals surface area (Å²) in [5.41, 5.74) is 2.39. The van der Waals surface area contributed by atoms with Crippen molar-refractivity contribution in [1.82, 2.24) is 10.2 Å². The molecule has 4 nitrogen and oxygen atoms in total. The quantitative estimate of drug-likeness (QED) is 0.908. The first-order chi connectivity index (χ1) is 11.3. The first-order valence-electron chi connectivity index (χ1n) is 8.68. The molecule has 1 aromatic rings. The smallest absolute Gasteiger partial charge is 0.244 e. The Bertz CT molecular complexity index is 643. The number of hydrogen-bond acceptors (Lipinski definition) is 3. The molecular formula is C19H26N2O2S. The van der Waals surface area contributed by atoms with Crippen molar-refractivity contribution < 1.29 is 9.59 Å². The highest BCUT2D eigenvalue weighted by molar-refractivity contribution is 8.01. The van der Waals surface area contributed by atoms with E-state index in [9.17, 15) is 9.59 Å². The monoisotopic (exact) mass is 346 g/mol. The van der Waals surface area contributed by atoms with Crippen molar-refractivity contribution in [2.75, 3.05) is 5.75 Å². The standard InChI is InChI=1S/C19H26N2O2S/c1-12(2)14-5-7-15(8-6-14)13(3)20-18(23)16-11-24-19(4)10-9-17(22)21(16)19/h5-8,12-13,16H,9-11H2,1-4H3,(H,20,23)/t13-,16-,19+/m0/s1. The van der Waals surface area contributed by atoms with Crippen LogP contribution in [0, 0.1) is 0 Å². The zero-order chi connectivity index (χ0) is 17.5. The molecule has 0 aromatic heterocycles. The van der Waals surface area contributed by atoms with Crippen molar-refractivity contribution in [3.8, 4) is 0 Å². The number of rotatable bonds is 4. The van der Waals surface area contributed by atoms with Gasteiger partial charge in [0.05, 0.1) is 10.9 Å². The van der Waals surface area contributed by atoms with E-state index in [1.807, 2.05) is 11.8 Å². The highest BCUT2D eigenvalue weighted by atomic mass is 32.2. The van der Waals surface area contributed by atoms with Gasteiger partial charge in [-0.05, 0) is 37.3 Å². The van der Waals surface area contributed by atoms with Crippen LogP contribution in [0.1, 0.15) is 63.6 Å². The number of carbonyl (C=O) groups is 2. The molecule has 3 atom stereocenters. The van der Waals surface area contributed by atoms with Crippen molar-refractivity contribution in [3.63, 3.8) is 0 Å². The summed E-state index contributed by atoms with van der Waals surface area (Å²) in [7, 11) is 0. The summed E-state index contributed by atoms with van der Waals surface area (Å²) in [6.07, 6.45) is 1.39. The fraction of sp³-hybridized carbons (Fsp3) is 0.579. The summed E-state index contributed by atoms with van der Waals surface area (Å²) in [5.74, 6) is 1.25. The van der Waals surface area contributed by atoms with Gasteiger partial charge in [-0.15, -0.1) is 11.8 Å². The van der Waals surface area contributed by atoms with Crippen molar-refractivity contribution >= 4 is 23.6 Å². The largest absolute Gasteiger partial charge is 0.348 e.